The Morgan fingerprint density at radius 3 is 1.88 bits per heavy atom. The van der Waals surface area contributed by atoms with Gasteiger partial charge in [-0.15, -0.1) is 0 Å². The molecule has 4 aromatic carbocycles. The average molecular weight is 781 g/mol. The molecule has 0 aromatic heterocycles. The van der Waals surface area contributed by atoms with Crippen LogP contribution in [0.25, 0.3) is 6.08 Å². The van der Waals surface area contributed by atoms with E-state index in [1.165, 1.54) is 29.8 Å². The van der Waals surface area contributed by atoms with Crippen LogP contribution in [0.4, 0.5) is 24.5 Å². The molecule has 300 valence electrons. The van der Waals surface area contributed by atoms with Crippen molar-refractivity contribution in [2.75, 3.05) is 76.3 Å². The average Bonchev–Trinajstić information content (AvgIpc) is 3.22. The molecule has 0 radical (unpaired) electrons. The summed E-state index contributed by atoms with van der Waals surface area (Å²) in [5.74, 6) is -0.506. The molecule has 3 amide bonds. The van der Waals surface area contributed by atoms with Crippen LogP contribution in [0.5, 0.6) is 0 Å². The van der Waals surface area contributed by atoms with Gasteiger partial charge in [0.2, 0.25) is 17.7 Å². The van der Waals surface area contributed by atoms with Crippen LogP contribution in [0.15, 0.2) is 109 Å². The van der Waals surface area contributed by atoms with E-state index in [-0.39, 0.29) is 24.8 Å². The van der Waals surface area contributed by atoms with E-state index in [0.717, 1.165) is 41.2 Å². The number of piperazine rings is 2. The van der Waals surface area contributed by atoms with E-state index >= 15 is 0 Å². The zero-order valence-electron chi connectivity index (χ0n) is 32.9. The molecular weight excluding hydrogens is 730 g/mol. The number of hydrogen-bond acceptors (Lipinski definition) is 6. The number of hydrogen-bond donors (Lipinski definition) is 0. The van der Waals surface area contributed by atoms with Crippen molar-refractivity contribution >= 4 is 35.2 Å². The normalized spacial score (nSPS) is 15.8. The number of carbonyl (C=O) groups is 3. The molecule has 2 aliphatic rings. The van der Waals surface area contributed by atoms with Gasteiger partial charge in [-0.1, -0.05) is 66.7 Å². The first-order valence-electron chi connectivity index (χ1n) is 19.4. The number of anilines is 2. The van der Waals surface area contributed by atoms with Gasteiger partial charge < -0.3 is 24.5 Å². The summed E-state index contributed by atoms with van der Waals surface area (Å²) in [5, 5.41) is 0. The Morgan fingerprint density at radius 2 is 1.30 bits per heavy atom. The van der Waals surface area contributed by atoms with Crippen LogP contribution in [-0.4, -0.2) is 110 Å². The number of alkyl halides is 3. The molecule has 2 aliphatic heterocycles. The van der Waals surface area contributed by atoms with Crippen molar-refractivity contribution in [3.8, 4) is 0 Å². The summed E-state index contributed by atoms with van der Waals surface area (Å²) in [6, 6.07) is 29.8. The van der Waals surface area contributed by atoms with Gasteiger partial charge in [0.05, 0.1) is 5.56 Å². The fourth-order valence-electron chi connectivity index (χ4n) is 7.34. The van der Waals surface area contributed by atoms with Crippen molar-refractivity contribution in [3.05, 3.63) is 137 Å². The molecular formula is C45H51F3N6O3. The third-order valence-corrected chi connectivity index (χ3v) is 10.8. The molecule has 0 saturated carbocycles. The maximum Gasteiger partial charge on any atom is 0.416 e. The smallest absolute Gasteiger partial charge is 0.378 e. The molecule has 0 bridgehead atoms. The monoisotopic (exact) mass is 780 g/mol. The van der Waals surface area contributed by atoms with Crippen molar-refractivity contribution in [1.29, 1.82) is 0 Å². The van der Waals surface area contributed by atoms with Gasteiger partial charge in [-0.05, 0) is 64.7 Å². The largest absolute Gasteiger partial charge is 0.416 e. The Kier molecular flexibility index (Phi) is 13.4. The van der Waals surface area contributed by atoms with E-state index in [2.05, 4.69) is 39.0 Å². The Morgan fingerprint density at radius 1 is 0.702 bits per heavy atom. The van der Waals surface area contributed by atoms with Gasteiger partial charge in [0, 0.05) is 110 Å². The van der Waals surface area contributed by atoms with Crippen LogP contribution in [-0.2, 0) is 40.1 Å². The standard InChI is InChI=1S/C45H51F3N6O3/c1-34(55)51-27-29-52(30-28-51)41-20-13-38(14-21-41)33-54(43(56)22-15-35-9-16-39(17-10-35)45(46,47)48)42(31-36-7-5-4-6-8-36)44(57)53-25-23-50(24-26-53)32-37-11-18-40(19-12-37)49(2)3/h4-22,42H,23-33H2,1-3H3/t42-/m0/s1. The lowest BCUT2D eigenvalue weighted by molar-refractivity contribution is -0.145. The Balaban J connectivity index is 1.24. The Labute approximate surface area is 333 Å². The van der Waals surface area contributed by atoms with Crippen molar-refractivity contribution in [2.45, 2.75) is 38.7 Å². The van der Waals surface area contributed by atoms with Crippen molar-refractivity contribution in [1.82, 2.24) is 19.6 Å². The summed E-state index contributed by atoms with van der Waals surface area (Å²) >= 11 is 0. The minimum absolute atomic E-state index is 0.0645. The van der Waals surface area contributed by atoms with Crippen molar-refractivity contribution < 1.29 is 27.6 Å². The molecule has 9 nitrogen and oxygen atoms in total. The van der Waals surface area contributed by atoms with E-state index in [1.807, 2.05) is 78.5 Å². The number of rotatable bonds is 12. The van der Waals surface area contributed by atoms with Gasteiger partial charge in [-0.2, -0.15) is 13.2 Å². The van der Waals surface area contributed by atoms with Crippen LogP contribution < -0.4 is 9.80 Å². The van der Waals surface area contributed by atoms with E-state index in [1.54, 1.807) is 11.8 Å². The topological polar surface area (TPSA) is 70.6 Å². The molecule has 1 atom stereocenters. The summed E-state index contributed by atoms with van der Waals surface area (Å²) in [7, 11) is 4.02. The highest BCUT2D eigenvalue weighted by atomic mass is 19.4. The summed E-state index contributed by atoms with van der Waals surface area (Å²) in [5.41, 5.74) is 4.73. The molecule has 2 saturated heterocycles. The van der Waals surface area contributed by atoms with Crippen LogP contribution in [0.2, 0.25) is 0 Å². The highest BCUT2D eigenvalue weighted by Gasteiger charge is 2.34. The van der Waals surface area contributed by atoms with Crippen LogP contribution in [0, 0.1) is 0 Å². The summed E-state index contributed by atoms with van der Waals surface area (Å²) < 4.78 is 39.7. The number of amides is 3. The summed E-state index contributed by atoms with van der Waals surface area (Å²) in [6.45, 7) is 7.59. The van der Waals surface area contributed by atoms with Gasteiger partial charge in [-0.3, -0.25) is 19.3 Å². The Bertz CT molecular complexity index is 1970. The van der Waals surface area contributed by atoms with Gasteiger partial charge in [-0.25, -0.2) is 0 Å². The first-order valence-corrected chi connectivity index (χ1v) is 19.4. The minimum Gasteiger partial charge on any atom is -0.378 e. The predicted octanol–water partition coefficient (Wildman–Crippen LogP) is 6.44. The van der Waals surface area contributed by atoms with Crippen molar-refractivity contribution in [3.63, 3.8) is 0 Å². The molecule has 12 heteroatoms. The van der Waals surface area contributed by atoms with Gasteiger partial charge in [0.1, 0.15) is 6.04 Å². The number of carbonyl (C=O) groups excluding carboxylic acids is 3. The summed E-state index contributed by atoms with van der Waals surface area (Å²) in [6.07, 6.45) is -1.35. The third kappa shape index (κ3) is 11.0. The molecule has 6 rings (SSSR count). The number of benzene rings is 4. The lowest BCUT2D eigenvalue weighted by Gasteiger charge is -2.39. The molecule has 0 unspecified atom stereocenters. The lowest BCUT2D eigenvalue weighted by Crippen LogP contribution is -2.56. The molecule has 0 N–H and O–H groups in total. The molecule has 2 heterocycles. The van der Waals surface area contributed by atoms with Crippen molar-refractivity contribution in [2.24, 2.45) is 0 Å². The second kappa shape index (κ2) is 18.5. The minimum atomic E-state index is -4.47. The Hall–Kier alpha value is -5.62. The van der Waals surface area contributed by atoms with Crippen LogP contribution in [0.1, 0.15) is 34.7 Å². The van der Waals surface area contributed by atoms with Crippen LogP contribution >= 0.6 is 0 Å². The van der Waals surface area contributed by atoms with Gasteiger partial charge >= 0.3 is 6.18 Å². The van der Waals surface area contributed by atoms with E-state index in [4.69, 9.17) is 0 Å². The first-order chi connectivity index (χ1) is 27.3. The van der Waals surface area contributed by atoms with E-state index < -0.39 is 23.7 Å². The second-order valence-electron chi connectivity index (χ2n) is 14.9. The summed E-state index contributed by atoms with van der Waals surface area (Å²) in [4.78, 5) is 52.8. The lowest BCUT2D eigenvalue weighted by atomic mass is 10.0. The first kappa shape index (κ1) is 41.0. The zero-order chi connectivity index (χ0) is 40.5. The van der Waals surface area contributed by atoms with E-state index in [9.17, 15) is 27.6 Å². The maximum absolute atomic E-state index is 14.7. The molecule has 0 spiro atoms. The fraction of sp³-hybridized carbons (Fsp3) is 0.356. The van der Waals surface area contributed by atoms with Gasteiger partial charge in [0.25, 0.3) is 0 Å². The predicted molar refractivity (Wildman–Crippen MR) is 218 cm³/mol. The quantitative estimate of drug-likeness (QED) is 0.154. The van der Waals surface area contributed by atoms with Crippen LogP contribution in [0.3, 0.4) is 0 Å². The molecule has 57 heavy (non-hydrogen) atoms. The number of halogens is 3. The molecule has 0 aliphatic carbocycles. The molecule has 4 aromatic rings. The highest BCUT2D eigenvalue weighted by molar-refractivity contribution is 5.96. The van der Waals surface area contributed by atoms with Gasteiger partial charge in [0.15, 0.2) is 0 Å². The fourth-order valence-corrected chi connectivity index (χ4v) is 7.34. The maximum atomic E-state index is 14.7. The van der Waals surface area contributed by atoms with E-state index in [0.29, 0.717) is 57.9 Å². The third-order valence-electron chi connectivity index (χ3n) is 10.8. The molecule has 2 fully saturated rings. The highest BCUT2D eigenvalue weighted by Crippen LogP contribution is 2.29. The number of nitrogens with zero attached hydrogens (tertiary/aromatic N) is 6. The zero-order valence-corrected chi connectivity index (χ0v) is 32.9. The second-order valence-corrected chi connectivity index (χ2v) is 14.9. The SMILES string of the molecule is CC(=O)N1CCN(c2ccc(CN(C(=O)C=Cc3ccc(C(F)(F)F)cc3)[C@@H](Cc3ccccc3)C(=O)N3CCN(Cc4ccc(N(C)C)cc4)CC3)cc2)CC1.